The highest BCUT2D eigenvalue weighted by atomic mass is 16.4. The van der Waals surface area contributed by atoms with Crippen molar-refractivity contribution in [1.29, 1.82) is 0 Å². The molecule has 2 fully saturated rings. The minimum absolute atomic E-state index is 0.107. The van der Waals surface area contributed by atoms with E-state index in [1.807, 2.05) is 24.0 Å². The average Bonchev–Trinajstić information content (AvgIpc) is 3.10. The number of carbonyl (C=O) groups is 1. The van der Waals surface area contributed by atoms with Crippen LogP contribution < -0.4 is 5.32 Å². The first kappa shape index (κ1) is 20.0. The maximum Gasteiger partial charge on any atom is 0.317 e. The number of hydrogen-bond acceptors (Lipinski definition) is 4. The van der Waals surface area contributed by atoms with Crippen LogP contribution >= 0.6 is 0 Å². The molecule has 1 aromatic heterocycles. The summed E-state index contributed by atoms with van der Waals surface area (Å²) >= 11 is 0. The molecule has 4 rings (SSSR count). The molecule has 2 aliphatic rings. The van der Waals surface area contributed by atoms with Gasteiger partial charge < -0.3 is 14.6 Å². The van der Waals surface area contributed by atoms with Crippen LogP contribution in [-0.2, 0) is 6.54 Å². The Kier molecular flexibility index (Phi) is 6.19. The number of oxazole rings is 1. The van der Waals surface area contributed by atoms with Crippen molar-refractivity contribution in [3.05, 3.63) is 41.3 Å². The molecule has 2 heterocycles. The molecule has 1 saturated heterocycles. The van der Waals surface area contributed by atoms with Crippen LogP contribution in [0.25, 0.3) is 11.5 Å². The fourth-order valence-electron chi connectivity index (χ4n) is 4.23. The second kappa shape index (κ2) is 8.99. The van der Waals surface area contributed by atoms with E-state index in [0.717, 1.165) is 62.6 Å². The van der Waals surface area contributed by atoms with Crippen molar-refractivity contribution in [2.24, 2.45) is 0 Å². The summed E-state index contributed by atoms with van der Waals surface area (Å²) in [6.45, 7) is 8.08. The third-order valence-corrected chi connectivity index (χ3v) is 6.16. The molecule has 6 nitrogen and oxygen atoms in total. The van der Waals surface area contributed by atoms with Gasteiger partial charge in [0, 0.05) is 44.3 Å². The number of nitrogens with zero attached hydrogens (tertiary/aromatic N) is 3. The molecule has 1 aliphatic heterocycles. The summed E-state index contributed by atoms with van der Waals surface area (Å²) in [6, 6.07) is 8.73. The zero-order valence-corrected chi connectivity index (χ0v) is 17.6. The molecule has 0 unspecified atom stereocenters. The molecule has 1 aromatic carbocycles. The first-order chi connectivity index (χ1) is 14.1. The summed E-state index contributed by atoms with van der Waals surface area (Å²) < 4.78 is 5.91. The van der Waals surface area contributed by atoms with Gasteiger partial charge in [-0.2, -0.15) is 0 Å². The first-order valence-corrected chi connectivity index (χ1v) is 10.9. The van der Waals surface area contributed by atoms with Gasteiger partial charge >= 0.3 is 6.03 Å². The first-order valence-electron chi connectivity index (χ1n) is 10.9. The van der Waals surface area contributed by atoms with Gasteiger partial charge in [-0.25, -0.2) is 9.78 Å². The molecule has 6 heteroatoms. The Morgan fingerprint density at radius 2 is 1.76 bits per heavy atom. The molecule has 156 valence electrons. The predicted molar refractivity (Wildman–Crippen MR) is 114 cm³/mol. The van der Waals surface area contributed by atoms with E-state index in [-0.39, 0.29) is 6.03 Å². The number of carbonyl (C=O) groups excluding carboxylic acids is 1. The number of aryl methyl sites for hydroxylation is 2. The predicted octanol–water partition coefficient (Wildman–Crippen LogP) is 4.12. The van der Waals surface area contributed by atoms with E-state index in [4.69, 9.17) is 9.40 Å². The molecular formula is C23H32N4O2. The zero-order chi connectivity index (χ0) is 20.2. The molecule has 0 atom stereocenters. The van der Waals surface area contributed by atoms with Crippen LogP contribution in [0.5, 0.6) is 0 Å². The second-order valence-corrected chi connectivity index (χ2v) is 8.44. The maximum atomic E-state index is 12.5. The van der Waals surface area contributed by atoms with Crippen molar-refractivity contribution < 1.29 is 9.21 Å². The Bertz CT molecular complexity index is 816. The fourth-order valence-corrected chi connectivity index (χ4v) is 4.23. The van der Waals surface area contributed by atoms with Gasteiger partial charge in [0.15, 0.2) is 0 Å². The Hall–Kier alpha value is -2.34. The Morgan fingerprint density at radius 1 is 1.07 bits per heavy atom. The molecule has 0 spiro atoms. The molecule has 2 aromatic rings. The van der Waals surface area contributed by atoms with Crippen LogP contribution in [0.1, 0.15) is 49.1 Å². The Balaban J connectivity index is 1.29. The smallest absolute Gasteiger partial charge is 0.317 e. The lowest BCUT2D eigenvalue weighted by Crippen LogP contribution is -2.53. The number of nitrogens with one attached hydrogen (secondary N) is 1. The SMILES string of the molecule is Cc1ccc(-c2nc(CN3CCN(C(=O)NC4CCCCC4)CC3)c(C)o2)cc1. The largest absolute Gasteiger partial charge is 0.441 e. The van der Waals surface area contributed by atoms with Gasteiger partial charge in [-0.15, -0.1) is 0 Å². The highest BCUT2D eigenvalue weighted by molar-refractivity contribution is 5.74. The van der Waals surface area contributed by atoms with E-state index in [1.165, 1.54) is 24.8 Å². The van der Waals surface area contributed by atoms with Crippen LogP contribution in [0.2, 0.25) is 0 Å². The van der Waals surface area contributed by atoms with Gasteiger partial charge in [0.2, 0.25) is 5.89 Å². The van der Waals surface area contributed by atoms with E-state index in [2.05, 4.69) is 29.3 Å². The number of urea groups is 1. The van der Waals surface area contributed by atoms with Gasteiger partial charge in [0.1, 0.15) is 5.76 Å². The van der Waals surface area contributed by atoms with Crippen molar-refractivity contribution in [3.8, 4) is 11.5 Å². The lowest BCUT2D eigenvalue weighted by atomic mass is 9.96. The molecule has 1 saturated carbocycles. The third-order valence-electron chi connectivity index (χ3n) is 6.16. The van der Waals surface area contributed by atoms with Crippen LogP contribution in [0.3, 0.4) is 0 Å². The van der Waals surface area contributed by atoms with Crippen molar-refractivity contribution in [3.63, 3.8) is 0 Å². The van der Waals surface area contributed by atoms with Crippen molar-refractivity contribution in [1.82, 2.24) is 20.1 Å². The lowest BCUT2D eigenvalue weighted by molar-refractivity contribution is 0.131. The molecule has 29 heavy (non-hydrogen) atoms. The normalized spacial score (nSPS) is 18.8. The van der Waals surface area contributed by atoms with Crippen LogP contribution in [0, 0.1) is 13.8 Å². The fraction of sp³-hybridized carbons (Fsp3) is 0.565. The molecule has 2 amide bonds. The standard InChI is InChI=1S/C23H32N4O2/c1-17-8-10-19(11-9-17)22-25-21(18(2)29-22)16-26-12-14-27(15-13-26)23(28)24-20-6-4-3-5-7-20/h8-11,20H,3-7,12-16H2,1-2H3,(H,24,28). The summed E-state index contributed by atoms with van der Waals surface area (Å²) in [4.78, 5) is 21.6. The van der Waals surface area contributed by atoms with Gasteiger partial charge in [0.05, 0.1) is 5.69 Å². The molecule has 0 bridgehead atoms. The van der Waals surface area contributed by atoms with Crippen molar-refractivity contribution in [2.75, 3.05) is 26.2 Å². The van der Waals surface area contributed by atoms with Crippen molar-refractivity contribution in [2.45, 2.75) is 58.5 Å². The van der Waals surface area contributed by atoms with Gasteiger partial charge in [-0.05, 0) is 38.8 Å². The van der Waals surface area contributed by atoms with E-state index >= 15 is 0 Å². The molecular weight excluding hydrogens is 364 g/mol. The number of hydrogen-bond donors (Lipinski definition) is 1. The van der Waals surface area contributed by atoms with Gasteiger partial charge in [0.25, 0.3) is 0 Å². The number of piperazine rings is 1. The second-order valence-electron chi connectivity index (χ2n) is 8.44. The van der Waals surface area contributed by atoms with E-state index in [1.54, 1.807) is 0 Å². The number of rotatable bonds is 4. The molecule has 1 N–H and O–H groups in total. The number of aromatic nitrogens is 1. The summed E-state index contributed by atoms with van der Waals surface area (Å²) in [6.07, 6.45) is 6.03. The minimum atomic E-state index is 0.107. The Labute approximate surface area is 173 Å². The van der Waals surface area contributed by atoms with Crippen LogP contribution in [0.4, 0.5) is 4.79 Å². The topological polar surface area (TPSA) is 61.6 Å². The highest BCUT2D eigenvalue weighted by Gasteiger charge is 2.25. The quantitative estimate of drug-likeness (QED) is 0.845. The average molecular weight is 397 g/mol. The minimum Gasteiger partial charge on any atom is -0.441 e. The monoisotopic (exact) mass is 396 g/mol. The van der Waals surface area contributed by atoms with Gasteiger partial charge in [-0.1, -0.05) is 37.0 Å². The molecule has 1 aliphatic carbocycles. The Morgan fingerprint density at radius 3 is 2.45 bits per heavy atom. The molecule has 0 radical (unpaired) electrons. The number of benzene rings is 1. The van der Waals surface area contributed by atoms with Crippen LogP contribution in [-0.4, -0.2) is 53.0 Å². The van der Waals surface area contributed by atoms with E-state index in [9.17, 15) is 4.79 Å². The highest BCUT2D eigenvalue weighted by Crippen LogP contribution is 2.23. The van der Waals surface area contributed by atoms with Crippen LogP contribution in [0.15, 0.2) is 28.7 Å². The third kappa shape index (κ3) is 4.99. The zero-order valence-electron chi connectivity index (χ0n) is 17.6. The maximum absolute atomic E-state index is 12.5. The van der Waals surface area contributed by atoms with Crippen molar-refractivity contribution >= 4 is 6.03 Å². The van der Waals surface area contributed by atoms with E-state index in [0.29, 0.717) is 11.9 Å². The summed E-state index contributed by atoms with van der Waals surface area (Å²) in [5.74, 6) is 1.56. The summed E-state index contributed by atoms with van der Waals surface area (Å²) in [5, 5.41) is 3.23. The van der Waals surface area contributed by atoms with Gasteiger partial charge in [-0.3, -0.25) is 4.90 Å². The number of amides is 2. The summed E-state index contributed by atoms with van der Waals surface area (Å²) in [5.41, 5.74) is 3.22. The summed E-state index contributed by atoms with van der Waals surface area (Å²) in [7, 11) is 0. The van der Waals surface area contributed by atoms with E-state index < -0.39 is 0 Å². The lowest BCUT2D eigenvalue weighted by Gasteiger charge is -2.35.